The Morgan fingerprint density at radius 1 is 1.40 bits per heavy atom. The molecule has 0 radical (unpaired) electrons. The lowest BCUT2D eigenvalue weighted by atomic mass is 10.3. The van der Waals surface area contributed by atoms with Crippen molar-refractivity contribution in [2.75, 3.05) is 18.1 Å². The van der Waals surface area contributed by atoms with E-state index in [0.717, 1.165) is 11.3 Å². The number of benzene rings is 1. The van der Waals surface area contributed by atoms with Crippen molar-refractivity contribution in [2.24, 2.45) is 0 Å². The predicted molar refractivity (Wildman–Crippen MR) is 80.5 cm³/mol. The van der Waals surface area contributed by atoms with E-state index in [4.69, 9.17) is 16.3 Å². The minimum Gasteiger partial charge on any atom is -0.495 e. The molecule has 0 saturated carbocycles. The average Bonchev–Trinajstić information content (AvgIpc) is 2.85. The molecule has 2 aromatic rings. The molecule has 1 heterocycles. The molecule has 2 rings (SSSR count). The Bertz CT molecular complexity index is 718. The molecule has 20 heavy (non-hydrogen) atoms. The maximum Gasteiger partial charge on any atom is 0.263 e. The molecule has 1 aromatic heterocycles. The number of thioether (sulfide) groups is 1. The van der Waals surface area contributed by atoms with Crippen molar-refractivity contribution in [3.63, 3.8) is 0 Å². The molecule has 0 aliphatic heterocycles. The third-order valence-electron chi connectivity index (χ3n) is 2.24. The minimum atomic E-state index is -3.75. The Morgan fingerprint density at radius 3 is 2.70 bits per heavy atom. The highest BCUT2D eigenvalue weighted by Gasteiger charge is 2.18. The highest BCUT2D eigenvalue weighted by Crippen LogP contribution is 2.29. The lowest BCUT2D eigenvalue weighted by molar-refractivity contribution is 0.414. The predicted octanol–water partition coefficient (Wildman–Crippen LogP) is 2.72. The number of sulfonamides is 1. The topological polar surface area (TPSA) is 81.2 Å². The fraction of sp³-hybridized carbons (Fsp3) is 0.200. The largest absolute Gasteiger partial charge is 0.495 e. The Hall–Kier alpha value is -1.03. The number of methoxy groups -OCH3 is 1. The first-order chi connectivity index (χ1) is 9.46. The Morgan fingerprint density at radius 2 is 2.15 bits per heavy atom. The number of aromatic nitrogens is 2. The fourth-order valence-corrected chi connectivity index (χ4v) is 4.07. The molecule has 1 N–H and O–H groups in total. The Balaban J connectivity index is 2.28. The molecule has 0 fully saturated rings. The maximum atomic E-state index is 12.2. The first-order valence-electron chi connectivity index (χ1n) is 5.20. The highest BCUT2D eigenvalue weighted by atomic mass is 35.5. The van der Waals surface area contributed by atoms with E-state index < -0.39 is 10.0 Å². The fourth-order valence-electron chi connectivity index (χ4n) is 1.32. The van der Waals surface area contributed by atoms with Gasteiger partial charge in [-0.1, -0.05) is 34.7 Å². The summed E-state index contributed by atoms with van der Waals surface area (Å²) in [5, 5.41) is 8.00. The summed E-state index contributed by atoms with van der Waals surface area (Å²) < 4.78 is 32.4. The molecule has 108 valence electrons. The third-order valence-corrected chi connectivity index (χ3v) is 5.81. The number of hydrogen-bond acceptors (Lipinski definition) is 7. The van der Waals surface area contributed by atoms with Gasteiger partial charge < -0.3 is 4.74 Å². The lowest BCUT2D eigenvalue weighted by Crippen LogP contribution is -2.12. The first-order valence-corrected chi connectivity index (χ1v) is 9.10. The van der Waals surface area contributed by atoms with Crippen molar-refractivity contribution >= 4 is 49.9 Å². The van der Waals surface area contributed by atoms with E-state index in [0.29, 0.717) is 10.1 Å². The molecular weight excluding hydrogens is 342 g/mol. The van der Waals surface area contributed by atoms with E-state index in [1.165, 1.54) is 37.1 Å². The van der Waals surface area contributed by atoms with Gasteiger partial charge in [-0.2, -0.15) is 0 Å². The number of hydrogen-bond donors (Lipinski definition) is 1. The number of rotatable bonds is 5. The SMILES string of the molecule is COc1ccc(S(=O)(=O)Nc2nnc(SC)s2)cc1Cl. The zero-order valence-corrected chi connectivity index (χ0v) is 13.7. The zero-order valence-electron chi connectivity index (χ0n) is 10.5. The summed E-state index contributed by atoms with van der Waals surface area (Å²) in [6.07, 6.45) is 1.84. The summed E-state index contributed by atoms with van der Waals surface area (Å²) in [5.41, 5.74) is 0. The van der Waals surface area contributed by atoms with Crippen LogP contribution in [0.2, 0.25) is 5.02 Å². The van der Waals surface area contributed by atoms with E-state index in [1.54, 1.807) is 0 Å². The van der Waals surface area contributed by atoms with Crippen LogP contribution in [0.25, 0.3) is 0 Å². The van der Waals surface area contributed by atoms with Gasteiger partial charge in [-0.05, 0) is 24.5 Å². The van der Waals surface area contributed by atoms with Crippen LogP contribution in [0, 0.1) is 0 Å². The van der Waals surface area contributed by atoms with Gasteiger partial charge in [0.2, 0.25) is 5.13 Å². The summed E-state index contributed by atoms with van der Waals surface area (Å²) in [5.74, 6) is 0.409. The van der Waals surface area contributed by atoms with Gasteiger partial charge in [-0.3, -0.25) is 4.72 Å². The second-order valence-electron chi connectivity index (χ2n) is 3.48. The molecule has 0 unspecified atom stereocenters. The second kappa shape index (κ2) is 6.17. The van der Waals surface area contributed by atoms with Crippen LogP contribution in [-0.4, -0.2) is 32.0 Å². The van der Waals surface area contributed by atoms with Crippen LogP contribution in [0.3, 0.4) is 0 Å². The van der Waals surface area contributed by atoms with Crippen LogP contribution in [0.5, 0.6) is 5.75 Å². The summed E-state index contributed by atoms with van der Waals surface area (Å²) in [6.45, 7) is 0. The van der Waals surface area contributed by atoms with E-state index in [2.05, 4.69) is 14.9 Å². The summed E-state index contributed by atoms with van der Waals surface area (Å²) in [6, 6.07) is 4.22. The number of halogens is 1. The van der Waals surface area contributed by atoms with Gasteiger partial charge in [0, 0.05) is 0 Å². The molecule has 0 bridgehead atoms. The van der Waals surface area contributed by atoms with E-state index in [1.807, 2.05) is 6.26 Å². The molecule has 0 amide bonds. The van der Waals surface area contributed by atoms with Gasteiger partial charge in [-0.15, -0.1) is 10.2 Å². The lowest BCUT2D eigenvalue weighted by Gasteiger charge is -2.07. The summed E-state index contributed by atoms with van der Waals surface area (Å²) in [4.78, 5) is 0.0317. The van der Waals surface area contributed by atoms with Gasteiger partial charge in [0.15, 0.2) is 4.34 Å². The molecule has 10 heteroatoms. The molecule has 1 aromatic carbocycles. The van der Waals surface area contributed by atoms with Crippen LogP contribution in [0.4, 0.5) is 5.13 Å². The summed E-state index contributed by atoms with van der Waals surface area (Å²) in [7, 11) is -2.29. The second-order valence-corrected chi connectivity index (χ2v) is 7.60. The highest BCUT2D eigenvalue weighted by molar-refractivity contribution is 8.00. The quantitative estimate of drug-likeness (QED) is 0.834. The molecule has 0 saturated heterocycles. The Kier molecular flexibility index (Phi) is 4.74. The molecule has 0 aliphatic rings. The molecule has 0 atom stereocenters. The van der Waals surface area contributed by atoms with Gasteiger partial charge in [0.1, 0.15) is 5.75 Å². The molecule has 0 spiro atoms. The Labute approximate surface area is 129 Å². The van der Waals surface area contributed by atoms with E-state index in [9.17, 15) is 8.42 Å². The summed E-state index contributed by atoms with van der Waals surface area (Å²) >= 11 is 8.47. The minimum absolute atomic E-state index is 0.0317. The molecular formula is C10H10ClN3O3S3. The van der Waals surface area contributed by atoms with Crippen molar-refractivity contribution in [3.05, 3.63) is 23.2 Å². The van der Waals surface area contributed by atoms with Gasteiger partial charge in [0.25, 0.3) is 10.0 Å². The van der Waals surface area contributed by atoms with Crippen LogP contribution >= 0.6 is 34.7 Å². The van der Waals surface area contributed by atoms with Gasteiger partial charge >= 0.3 is 0 Å². The first kappa shape index (κ1) is 15.4. The smallest absolute Gasteiger partial charge is 0.263 e. The van der Waals surface area contributed by atoms with Gasteiger partial charge in [-0.25, -0.2) is 8.42 Å². The van der Waals surface area contributed by atoms with E-state index >= 15 is 0 Å². The van der Waals surface area contributed by atoms with Crippen molar-refractivity contribution in [3.8, 4) is 5.75 Å². The van der Waals surface area contributed by atoms with Crippen LogP contribution in [0.15, 0.2) is 27.4 Å². The van der Waals surface area contributed by atoms with Crippen LogP contribution in [-0.2, 0) is 10.0 Å². The number of nitrogens with one attached hydrogen (secondary N) is 1. The van der Waals surface area contributed by atoms with Crippen LogP contribution in [0.1, 0.15) is 0 Å². The van der Waals surface area contributed by atoms with Crippen molar-refractivity contribution in [1.29, 1.82) is 0 Å². The van der Waals surface area contributed by atoms with Gasteiger partial charge in [0.05, 0.1) is 17.0 Å². The third kappa shape index (κ3) is 3.35. The number of ether oxygens (including phenoxy) is 1. The standard InChI is InChI=1S/C10H10ClN3O3S3/c1-17-8-4-3-6(5-7(8)11)20(15,16)14-9-12-13-10(18-2)19-9/h3-5H,1-2H3,(H,12,14). The van der Waals surface area contributed by atoms with E-state index in [-0.39, 0.29) is 15.0 Å². The van der Waals surface area contributed by atoms with Crippen molar-refractivity contribution < 1.29 is 13.2 Å². The monoisotopic (exact) mass is 351 g/mol. The van der Waals surface area contributed by atoms with Crippen LogP contribution < -0.4 is 9.46 Å². The average molecular weight is 352 g/mol. The zero-order chi connectivity index (χ0) is 14.8. The normalized spacial score (nSPS) is 11.3. The maximum absolute atomic E-state index is 12.2. The van der Waals surface area contributed by atoms with Crippen molar-refractivity contribution in [1.82, 2.24) is 10.2 Å². The van der Waals surface area contributed by atoms with Crippen molar-refractivity contribution in [2.45, 2.75) is 9.24 Å². The number of nitrogens with zero attached hydrogens (tertiary/aromatic N) is 2. The number of anilines is 1. The molecule has 6 nitrogen and oxygen atoms in total. The molecule has 0 aliphatic carbocycles.